The third kappa shape index (κ3) is 5.36. The minimum atomic E-state index is -3.17. The van der Waals surface area contributed by atoms with Crippen LogP contribution in [-0.4, -0.2) is 11.2 Å². The highest BCUT2D eigenvalue weighted by molar-refractivity contribution is 5.30. The van der Waals surface area contributed by atoms with Crippen LogP contribution in [0.25, 0.3) is 0 Å². The summed E-state index contributed by atoms with van der Waals surface area (Å²) < 4.78 is 34.8. The number of ether oxygens (including phenoxy) is 1. The molecule has 3 aliphatic carbocycles. The fourth-order valence-corrected chi connectivity index (χ4v) is 5.04. The molecule has 0 bridgehead atoms. The van der Waals surface area contributed by atoms with Crippen LogP contribution in [0, 0.1) is 29.1 Å². The smallest absolute Gasteiger partial charge is 0.400 e. The first-order valence-corrected chi connectivity index (χ1v) is 10.5. The standard InChI is InChI=1S/C23H34F2O2/c1-16-4-6-17(7-5-16)18-8-10-19(11-9-18)23(24,25)27-21-13-12-20(26)14-22(2,3)15-21/h12-19,26H,4-11H2,1-3H3. The Kier molecular flexibility index (Phi) is 6.02. The molecule has 3 rings (SSSR count). The van der Waals surface area contributed by atoms with Crippen molar-refractivity contribution >= 4 is 0 Å². The van der Waals surface area contributed by atoms with Gasteiger partial charge < -0.3 is 9.84 Å². The van der Waals surface area contributed by atoms with Gasteiger partial charge in [-0.3, -0.25) is 0 Å². The maximum atomic E-state index is 14.8. The quantitative estimate of drug-likeness (QED) is 0.561. The van der Waals surface area contributed by atoms with Crippen LogP contribution < -0.4 is 0 Å². The van der Waals surface area contributed by atoms with Gasteiger partial charge in [-0.05, 0) is 80.6 Å². The second-order valence-corrected chi connectivity index (χ2v) is 9.57. The van der Waals surface area contributed by atoms with Crippen LogP contribution >= 0.6 is 0 Å². The lowest BCUT2D eigenvalue weighted by Crippen LogP contribution is -2.36. The third-order valence-electron chi connectivity index (χ3n) is 6.68. The molecule has 2 saturated carbocycles. The van der Waals surface area contributed by atoms with Crippen LogP contribution in [0.5, 0.6) is 0 Å². The van der Waals surface area contributed by atoms with Crippen molar-refractivity contribution in [2.24, 2.45) is 29.1 Å². The van der Waals surface area contributed by atoms with Gasteiger partial charge in [0.1, 0.15) is 11.5 Å². The van der Waals surface area contributed by atoms with E-state index in [9.17, 15) is 13.9 Å². The van der Waals surface area contributed by atoms with Crippen molar-refractivity contribution in [3.8, 4) is 0 Å². The molecule has 0 aromatic carbocycles. The first-order chi connectivity index (χ1) is 12.6. The summed E-state index contributed by atoms with van der Waals surface area (Å²) in [6.45, 7) is 6.03. The molecule has 0 heterocycles. The zero-order valence-corrected chi connectivity index (χ0v) is 16.9. The molecule has 27 heavy (non-hydrogen) atoms. The highest BCUT2D eigenvalue weighted by Crippen LogP contribution is 2.46. The predicted molar refractivity (Wildman–Crippen MR) is 104 cm³/mol. The van der Waals surface area contributed by atoms with Crippen molar-refractivity contribution in [2.45, 2.75) is 78.2 Å². The molecule has 0 aromatic heterocycles. The number of hydrogen-bond donors (Lipinski definition) is 1. The maximum absolute atomic E-state index is 14.8. The van der Waals surface area contributed by atoms with E-state index in [0.29, 0.717) is 18.8 Å². The molecule has 0 radical (unpaired) electrons. The third-order valence-corrected chi connectivity index (χ3v) is 6.68. The summed E-state index contributed by atoms with van der Waals surface area (Å²) in [6, 6.07) is 0. The molecule has 0 aromatic rings. The maximum Gasteiger partial charge on any atom is 0.400 e. The lowest BCUT2D eigenvalue weighted by atomic mass is 9.69. The van der Waals surface area contributed by atoms with E-state index >= 15 is 0 Å². The summed E-state index contributed by atoms with van der Waals surface area (Å²) in [7, 11) is 0. The SMILES string of the molecule is CC1CCC(C2CCC(C(F)(F)OC3=CC(C)(C)C=C(O)C=C3)CC2)CC1. The van der Waals surface area contributed by atoms with E-state index in [-0.39, 0.29) is 11.5 Å². The molecule has 0 saturated heterocycles. The Hall–Kier alpha value is -1.32. The molecular formula is C23H34F2O2. The van der Waals surface area contributed by atoms with Crippen molar-refractivity contribution < 1.29 is 18.6 Å². The van der Waals surface area contributed by atoms with Crippen LogP contribution in [0.15, 0.2) is 35.8 Å². The normalized spacial score (nSPS) is 34.4. The Morgan fingerprint density at radius 3 is 2.07 bits per heavy atom. The topological polar surface area (TPSA) is 29.5 Å². The average molecular weight is 381 g/mol. The fourth-order valence-electron chi connectivity index (χ4n) is 5.04. The Bertz CT molecular complexity index is 602. The lowest BCUT2D eigenvalue weighted by Gasteiger charge is -2.39. The van der Waals surface area contributed by atoms with Crippen molar-refractivity contribution in [3.63, 3.8) is 0 Å². The first kappa shape index (κ1) is 20.4. The van der Waals surface area contributed by atoms with Gasteiger partial charge in [0.05, 0.1) is 5.92 Å². The summed E-state index contributed by atoms with van der Waals surface area (Å²) in [6.07, 6.45) is 10.9. The van der Waals surface area contributed by atoms with E-state index in [1.807, 2.05) is 13.8 Å². The van der Waals surface area contributed by atoms with Crippen molar-refractivity contribution in [1.82, 2.24) is 0 Å². The number of aliphatic hydroxyl groups is 1. The number of aliphatic hydroxyl groups excluding tert-OH is 1. The molecule has 152 valence electrons. The predicted octanol–water partition coefficient (Wildman–Crippen LogP) is 7.15. The van der Waals surface area contributed by atoms with Crippen LogP contribution in [-0.2, 0) is 4.74 Å². The largest absolute Gasteiger partial charge is 0.508 e. The van der Waals surface area contributed by atoms with E-state index < -0.39 is 17.4 Å². The van der Waals surface area contributed by atoms with E-state index in [0.717, 1.165) is 24.7 Å². The summed E-state index contributed by atoms with van der Waals surface area (Å²) in [5.41, 5.74) is -0.533. The minimum absolute atomic E-state index is 0.0699. The molecular weight excluding hydrogens is 346 g/mol. The van der Waals surface area contributed by atoms with Crippen molar-refractivity contribution in [2.75, 3.05) is 0 Å². The number of rotatable bonds is 4. The molecule has 0 unspecified atom stereocenters. The molecule has 0 amide bonds. The Morgan fingerprint density at radius 1 is 0.926 bits per heavy atom. The van der Waals surface area contributed by atoms with Gasteiger partial charge in [0.15, 0.2) is 0 Å². The Morgan fingerprint density at radius 2 is 1.48 bits per heavy atom. The highest BCUT2D eigenvalue weighted by atomic mass is 19.3. The number of hydrogen-bond acceptors (Lipinski definition) is 2. The van der Waals surface area contributed by atoms with Crippen LogP contribution in [0.1, 0.15) is 72.1 Å². The Balaban J connectivity index is 1.57. The van der Waals surface area contributed by atoms with Gasteiger partial charge in [-0.2, -0.15) is 8.78 Å². The summed E-state index contributed by atoms with van der Waals surface area (Å²) in [4.78, 5) is 0. The van der Waals surface area contributed by atoms with E-state index in [1.54, 1.807) is 12.2 Å². The number of alkyl halides is 2. The summed E-state index contributed by atoms with van der Waals surface area (Å²) in [5.74, 6) is 1.66. The summed E-state index contributed by atoms with van der Waals surface area (Å²) >= 11 is 0. The molecule has 4 heteroatoms. The minimum Gasteiger partial charge on any atom is -0.508 e. The Labute approximate surface area is 162 Å². The van der Waals surface area contributed by atoms with Gasteiger partial charge in [0, 0.05) is 5.41 Å². The van der Waals surface area contributed by atoms with Gasteiger partial charge in [-0.1, -0.05) is 33.6 Å². The van der Waals surface area contributed by atoms with Crippen LogP contribution in [0.2, 0.25) is 0 Å². The average Bonchev–Trinajstić information content (AvgIpc) is 2.72. The highest BCUT2D eigenvalue weighted by Gasteiger charge is 2.45. The first-order valence-electron chi connectivity index (χ1n) is 10.5. The van der Waals surface area contributed by atoms with Gasteiger partial charge in [0.25, 0.3) is 0 Å². The van der Waals surface area contributed by atoms with E-state index in [2.05, 4.69) is 6.92 Å². The fraction of sp³-hybridized carbons (Fsp3) is 0.739. The van der Waals surface area contributed by atoms with Gasteiger partial charge >= 0.3 is 6.11 Å². The van der Waals surface area contributed by atoms with Crippen molar-refractivity contribution in [1.29, 1.82) is 0 Å². The zero-order chi connectivity index (χ0) is 19.7. The molecule has 2 fully saturated rings. The monoisotopic (exact) mass is 380 g/mol. The second kappa shape index (κ2) is 7.97. The lowest BCUT2D eigenvalue weighted by molar-refractivity contribution is -0.254. The number of allylic oxidation sites excluding steroid dienone is 4. The summed E-state index contributed by atoms with van der Waals surface area (Å²) in [5, 5.41) is 9.76. The van der Waals surface area contributed by atoms with Gasteiger partial charge in [-0.25, -0.2) is 0 Å². The van der Waals surface area contributed by atoms with Gasteiger partial charge in [-0.15, -0.1) is 0 Å². The molecule has 0 spiro atoms. The van der Waals surface area contributed by atoms with Crippen LogP contribution in [0.3, 0.4) is 0 Å². The van der Waals surface area contributed by atoms with Gasteiger partial charge in [0.2, 0.25) is 0 Å². The molecule has 2 nitrogen and oxygen atoms in total. The zero-order valence-electron chi connectivity index (χ0n) is 16.9. The van der Waals surface area contributed by atoms with Crippen molar-refractivity contribution in [3.05, 3.63) is 35.8 Å². The molecule has 1 N–H and O–H groups in total. The number of halogens is 2. The van der Waals surface area contributed by atoms with E-state index in [4.69, 9.17) is 4.74 Å². The van der Waals surface area contributed by atoms with Crippen LogP contribution in [0.4, 0.5) is 8.78 Å². The van der Waals surface area contributed by atoms with E-state index in [1.165, 1.54) is 37.8 Å². The molecule has 0 atom stereocenters. The molecule has 3 aliphatic rings. The second-order valence-electron chi connectivity index (χ2n) is 9.57. The molecule has 0 aliphatic heterocycles.